The number of likely N-dealkylation sites (N-methyl/N-ethyl adjacent to an activating group) is 1. The lowest BCUT2D eigenvalue weighted by Gasteiger charge is -2.17. The van der Waals surface area contributed by atoms with Crippen LogP contribution in [-0.2, 0) is 19.1 Å². The van der Waals surface area contributed by atoms with Crippen LogP contribution >= 0.6 is 11.6 Å². The summed E-state index contributed by atoms with van der Waals surface area (Å²) in [5.41, 5.74) is 2.49. The number of aryl methyl sites for hydroxylation is 2. The van der Waals surface area contributed by atoms with Gasteiger partial charge in [-0.15, -0.1) is 0 Å². The van der Waals surface area contributed by atoms with Crippen molar-refractivity contribution in [2.24, 2.45) is 0 Å². The molecule has 0 aliphatic heterocycles. The monoisotopic (exact) mass is 432 g/mol. The van der Waals surface area contributed by atoms with Gasteiger partial charge in [0, 0.05) is 7.05 Å². The van der Waals surface area contributed by atoms with Crippen LogP contribution in [-0.4, -0.2) is 49.5 Å². The highest BCUT2D eigenvalue weighted by Gasteiger charge is 2.16. The van der Waals surface area contributed by atoms with E-state index in [0.717, 1.165) is 11.1 Å². The minimum Gasteiger partial charge on any atom is -0.493 e. The van der Waals surface area contributed by atoms with Crippen molar-refractivity contribution in [1.82, 2.24) is 4.90 Å². The Morgan fingerprint density at radius 2 is 1.83 bits per heavy atom. The molecule has 1 N–H and O–H groups in total. The molecule has 0 bridgehead atoms. The van der Waals surface area contributed by atoms with Gasteiger partial charge in [0.1, 0.15) is 5.75 Å². The first-order valence-electron chi connectivity index (χ1n) is 9.40. The number of anilines is 1. The number of benzene rings is 2. The van der Waals surface area contributed by atoms with Crippen LogP contribution in [0.2, 0.25) is 5.02 Å². The van der Waals surface area contributed by atoms with E-state index >= 15 is 0 Å². The zero-order valence-electron chi connectivity index (χ0n) is 17.2. The number of amides is 2. The Kier molecular flexibility index (Phi) is 8.68. The third-order valence-electron chi connectivity index (χ3n) is 4.22. The van der Waals surface area contributed by atoms with Crippen molar-refractivity contribution >= 4 is 35.1 Å². The van der Waals surface area contributed by atoms with Crippen molar-refractivity contribution < 1.29 is 23.9 Å². The van der Waals surface area contributed by atoms with Crippen LogP contribution < -0.4 is 10.1 Å². The Morgan fingerprint density at radius 3 is 2.57 bits per heavy atom. The molecule has 2 aromatic rings. The van der Waals surface area contributed by atoms with Crippen molar-refractivity contribution in [3.05, 3.63) is 58.6 Å². The van der Waals surface area contributed by atoms with Gasteiger partial charge in [-0.25, -0.2) is 0 Å². The van der Waals surface area contributed by atoms with E-state index in [-0.39, 0.29) is 19.6 Å². The van der Waals surface area contributed by atoms with Gasteiger partial charge in [-0.1, -0.05) is 35.9 Å². The van der Waals surface area contributed by atoms with Gasteiger partial charge < -0.3 is 19.7 Å². The summed E-state index contributed by atoms with van der Waals surface area (Å²) in [5, 5.41) is 3.02. The third-order valence-corrected chi connectivity index (χ3v) is 4.55. The van der Waals surface area contributed by atoms with Gasteiger partial charge in [-0.3, -0.25) is 14.4 Å². The topological polar surface area (TPSA) is 84.9 Å². The molecule has 160 valence electrons. The Balaban J connectivity index is 1.69. The molecule has 0 aliphatic rings. The minimum atomic E-state index is -0.553. The first-order valence-corrected chi connectivity index (χ1v) is 9.78. The first-order chi connectivity index (χ1) is 14.3. The lowest BCUT2D eigenvalue weighted by atomic mass is 10.1. The van der Waals surface area contributed by atoms with Crippen molar-refractivity contribution in [1.29, 1.82) is 0 Å². The molecule has 8 heteroatoms. The van der Waals surface area contributed by atoms with E-state index in [9.17, 15) is 14.4 Å². The maximum atomic E-state index is 12.1. The molecule has 0 spiro atoms. The molecule has 0 unspecified atom stereocenters. The zero-order chi connectivity index (χ0) is 22.1. The number of hydrogen-bond acceptors (Lipinski definition) is 5. The average Bonchev–Trinajstić information content (AvgIpc) is 2.70. The lowest BCUT2D eigenvalue weighted by molar-refractivity contribution is -0.152. The van der Waals surface area contributed by atoms with E-state index in [0.29, 0.717) is 16.5 Å². The summed E-state index contributed by atoms with van der Waals surface area (Å²) in [6, 6.07) is 12.6. The van der Waals surface area contributed by atoms with Crippen molar-refractivity contribution in [2.75, 3.05) is 32.1 Å². The van der Waals surface area contributed by atoms with Crippen molar-refractivity contribution in [3.8, 4) is 5.75 Å². The van der Waals surface area contributed by atoms with E-state index in [4.69, 9.17) is 21.1 Å². The molecule has 7 nitrogen and oxygen atoms in total. The number of nitrogens with one attached hydrogen (secondary N) is 1. The van der Waals surface area contributed by atoms with E-state index in [1.807, 2.05) is 32.0 Å². The molecule has 0 atom stereocenters. The minimum absolute atomic E-state index is 0.0113. The molecular formula is C22H25ClN2O5. The van der Waals surface area contributed by atoms with E-state index in [1.165, 1.54) is 11.9 Å². The third kappa shape index (κ3) is 7.40. The largest absolute Gasteiger partial charge is 0.493 e. The lowest BCUT2D eigenvalue weighted by Crippen LogP contribution is -2.37. The predicted octanol–water partition coefficient (Wildman–Crippen LogP) is 3.37. The predicted molar refractivity (Wildman–Crippen MR) is 115 cm³/mol. The summed E-state index contributed by atoms with van der Waals surface area (Å²) in [5.74, 6) is -0.744. The van der Waals surface area contributed by atoms with E-state index < -0.39 is 24.4 Å². The number of nitrogens with zero attached hydrogens (tertiary/aromatic N) is 1. The molecule has 0 fully saturated rings. The molecule has 2 rings (SSSR count). The number of para-hydroxylation sites is 1. The van der Waals surface area contributed by atoms with Crippen LogP contribution in [0.15, 0.2) is 42.5 Å². The second kappa shape index (κ2) is 11.2. The molecule has 2 aromatic carbocycles. The Hall–Kier alpha value is -3.06. The van der Waals surface area contributed by atoms with Gasteiger partial charge in [-0.05, 0) is 43.2 Å². The van der Waals surface area contributed by atoms with Crippen LogP contribution in [0.3, 0.4) is 0 Å². The molecular weight excluding hydrogens is 408 g/mol. The average molecular weight is 433 g/mol. The first kappa shape index (κ1) is 23.2. The second-order valence-electron chi connectivity index (χ2n) is 6.81. The maximum Gasteiger partial charge on any atom is 0.309 e. The smallest absolute Gasteiger partial charge is 0.309 e. The van der Waals surface area contributed by atoms with Gasteiger partial charge in [-0.2, -0.15) is 0 Å². The summed E-state index contributed by atoms with van der Waals surface area (Å²) >= 11 is 5.99. The van der Waals surface area contributed by atoms with Gasteiger partial charge in [0.25, 0.3) is 5.91 Å². The van der Waals surface area contributed by atoms with Gasteiger partial charge >= 0.3 is 5.97 Å². The van der Waals surface area contributed by atoms with Crippen LogP contribution in [0.4, 0.5) is 5.69 Å². The Bertz CT molecular complexity index is 916. The van der Waals surface area contributed by atoms with Crippen LogP contribution in [0.5, 0.6) is 5.75 Å². The van der Waals surface area contributed by atoms with Crippen molar-refractivity contribution in [3.63, 3.8) is 0 Å². The SMILES string of the molecule is Cc1ccc(C)c(OCCC(=O)OCC(=O)N(C)CC(=O)Nc2ccccc2Cl)c1. The number of esters is 1. The fraction of sp³-hybridized carbons (Fsp3) is 0.318. The molecule has 0 heterocycles. The Labute approximate surface area is 180 Å². The van der Waals surface area contributed by atoms with Crippen molar-refractivity contribution in [2.45, 2.75) is 20.3 Å². The van der Waals surface area contributed by atoms with Gasteiger partial charge in [0.05, 0.1) is 30.3 Å². The normalized spacial score (nSPS) is 10.3. The van der Waals surface area contributed by atoms with Crippen LogP contribution in [0.25, 0.3) is 0 Å². The summed E-state index contributed by atoms with van der Waals surface area (Å²) in [6.45, 7) is 3.38. The number of carbonyl (C=O) groups excluding carboxylic acids is 3. The number of rotatable bonds is 9. The summed E-state index contributed by atoms with van der Waals surface area (Å²) < 4.78 is 10.6. The maximum absolute atomic E-state index is 12.1. The molecule has 0 saturated carbocycles. The highest BCUT2D eigenvalue weighted by Crippen LogP contribution is 2.20. The van der Waals surface area contributed by atoms with E-state index in [2.05, 4.69) is 5.32 Å². The quantitative estimate of drug-likeness (QED) is 0.614. The molecule has 0 aromatic heterocycles. The second-order valence-corrected chi connectivity index (χ2v) is 7.21. The highest BCUT2D eigenvalue weighted by molar-refractivity contribution is 6.33. The van der Waals surface area contributed by atoms with Gasteiger partial charge in [0.2, 0.25) is 5.91 Å². The van der Waals surface area contributed by atoms with Crippen LogP contribution in [0, 0.1) is 13.8 Å². The zero-order valence-corrected chi connectivity index (χ0v) is 18.0. The molecule has 30 heavy (non-hydrogen) atoms. The fourth-order valence-electron chi connectivity index (χ4n) is 2.49. The number of hydrogen-bond donors (Lipinski definition) is 1. The summed E-state index contributed by atoms with van der Waals surface area (Å²) in [7, 11) is 1.45. The molecule has 0 saturated heterocycles. The summed E-state index contributed by atoms with van der Waals surface area (Å²) in [6.07, 6.45) is 0.0113. The number of ether oxygens (including phenoxy) is 2. The Morgan fingerprint density at radius 1 is 1.10 bits per heavy atom. The highest BCUT2D eigenvalue weighted by atomic mass is 35.5. The standard InChI is InChI=1S/C22H25ClN2O5/c1-15-8-9-16(2)19(12-15)29-11-10-22(28)30-14-21(27)25(3)13-20(26)24-18-7-5-4-6-17(18)23/h4-9,12H,10-11,13-14H2,1-3H3,(H,24,26). The molecule has 2 amide bonds. The number of carbonyl (C=O) groups is 3. The number of halogens is 1. The molecule has 0 radical (unpaired) electrons. The van der Waals surface area contributed by atoms with E-state index in [1.54, 1.807) is 24.3 Å². The van der Waals surface area contributed by atoms with Gasteiger partial charge in [0.15, 0.2) is 6.61 Å². The fourth-order valence-corrected chi connectivity index (χ4v) is 2.67. The summed E-state index contributed by atoms with van der Waals surface area (Å²) in [4.78, 5) is 37.2. The molecule has 0 aliphatic carbocycles. The van der Waals surface area contributed by atoms with Crippen LogP contribution in [0.1, 0.15) is 17.5 Å².